The van der Waals surface area contributed by atoms with Crippen molar-refractivity contribution >= 4 is 11.7 Å². The van der Waals surface area contributed by atoms with Gasteiger partial charge in [-0.25, -0.2) is 4.79 Å². The van der Waals surface area contributed by atoms with Gasteiger partial charge in [-0.05, 0) is 31.7 Å². The first-order valence-corrected chi connectivity index (χ1v) is 6.61. The van der Waals surface area contributed by atoms with E-state index >= 15 is 0 Å². The summed E-state index contributed by atoms with van der Waals surface area (Å²) in [7, 11) is 0. The van der Waals surface area contributed by atoms with E-state index in [0.29, 0.717) is 12.2 Å². The molecule has 1 aromatic rings. The lowest BCUT2D eigenvalue weighted by atomic mass is 10.1. The minimum Gasteiger partial charge on any atom is -0.459 e. The van der Waals surface area contributed by atoms with Crippen molar-refractivity contribution in [3.05, 3.63) is 39.4 Å². The van der Waals surface area contributed by atoms with E-state index in [1.165, 1.54) is 12.1 Å². The van der Waals surface area contributed by atoms with E-state index < -0.39 is 10.9 Å². The van der Waals surface area contributed by atoms with Crippen LogP contribution >= 0.6 is 0 Å². The Hall–Kier alpha value is -1.95. The van der Waals surface area contributed by atoms with Crippen LogP contribution < -0.4 is 0 Å². The summed E-state index contributed by atoms with van der Waals surface area (Å²) in [5.41, 5.74) is 0.775. The number of hydrogen-bond donors (Lipinski definition) is 0. The van der Waals surface area contributed by atoms with Crippen LogP contribution in [0.2, 0.25) is 0 Å². The molecule has 1 aliphatic heterocycles. The number of aryl methyl sites for hydroxylation is 1. The second kappa shape index (κ2) is 6.47. The smallest absolute Gasteiger partial charge is 0.338 e. The predicted octanol–water partition coefficient (Wildman–Crippen LogP) is 2.63. The number of ether oxygens (including phenoxy) is 2. The van der Waals surface area contributed by atoms with Crippen molar-refractivity contribution in [3.8, 4) is 0 Å². The summed E-state index contributed by atoms with van der Waals surface area (Å²) in [5, 5.41) is 10.7. The fourth-order valence-electron chi connectivity index (χ4n) is 2.13. The van der Waals surface area contributed by atoms with E-state index in [0.717, 1.165) is 19.3 Å². The lowest BCUT2D eigenvalue weighted by molar-refractivity contribution is -0.384. The van der Waals surface area contributed by atoms with Gasteiger partial charge in [0.25, 0.3) is 5.69 Å². The summed E-state index contributed by atoms with van der Waals surface area (Å²) in [4.78, 5) is 22.2. The van der Waals surface area contributed by atoms with Gasteiger partial charge in [0.05, 0.1) is 16.6 Å². The molecule has 0 N–H and O–H groups in total. The molecule has 2 rings (SSSR count). The molecule has 1 atom stereocenters. The normalized spacial score (nSPS) is 18.6. The van der Waals surface area contributed by atoms with Gasteiger partial charge in [0.2, 0.25) is 0 Å². The van der Waals surface area contributed by atoms with Crippen LogP contribution in [0, 0.1) is 17.0 Å². The zero-order chi connectivity index (χ0) is 14.5. The SMILES string of the molecule is Cc1ccc([N+](=O)[O-])cc1C(=O)OCC1CCCCO1. The fraction of sp³-hybridized carbons (Fsp3) is 0.500. The highest BCUT2D eigenvalue weighted by atomic mass is 16.6. The average Bonchev–Trinajstić information content (AvgIpc) is 2.46. The van der Waals surface area contributed by atoms with Crippen LogP contribution in [0.3, 0.4) is 0 Å². The first-order chi connectivity index (χ1) is 9.58. The predicted molar refractivity (Wildman–Crippen MR) is 71.7 cm³/mol. The van der Waals surface area contributed by atoms with Crippen LogP contribution in [0.5, 0.6) is 0 Å². The Morgan fingerprint density at radius 2 is 2.30 bits per heavy atom. The molecule has 1 aliphatic rings. The van der Waals surface area contributed by atoms with Crippen LogP contribution in [0.1, 0.15) is 35.2 Å². The van der Waals surface area contributed by atoms with Gasteiger partial charge in [-0.2, -0.15) is 0 Å². The summed E-state index contributed by atoms with van der Waals surface area (Å²) in [6.07, 6.45) is 2.92. The Bertz CT molecular complexity index is 508. The molecule has 0 amide bonds. The van der Waals surface area contributed by atoms with E-state index in [9.17, 15) is 14.9 Å². The first-order valence-electron chi connectivity index (χ1n) is 6.61. The topological polar surface area (TPSA) is 78.7 Å². The average molecular weight is 279 g/mol. The fourth-order valence-corrected chi connectivity index (χ4v) is 2.13. The summed E-state index contributed by atoms with van der Waals surface area (Å²) in [6.45, 7) is 2.61. The van der Waals surface area contributed by atoms with Crippen LogP contribution in [0.25, 0.3) is 0 Å². The quantitative estimate of drug-likeness (QED) is 0.481. The highest BCUT2D eigenvalue weighted by molar-refractivity contribution is 5.91. The summed E-state index contributed by atoms with van der Waals surface area (Å²) >= 11 is 0. The third kappa shape index (κ3) is 3.54. The van der Waals surface area contributed by atoms with E-state index in [1.807, 2.05) is 0 Å². The molecule has 0 spiro atoms. The van der Waals surface area contributed by atoms with E-state index in [2.05, 4.69) is 0 Å². The van der Waals surface area contributed by atoms with Crippen molar-refractivity contribution in [1.82, 2.24) is 0 Å². The van der Waals surface area contributed by atoms with E-state index in [-0.39, 0.29) is 24.0 Å². The molecule has 1 heterocycles. The number of rotatable bonds is 4. The summed E-state index contributed by atoms with van der Waals surface area (Å²) in [6, 6.07) is 4.17. The molecule has 0 aliphatic carbocycles. The van der Waals surface area contributed by atoms with Crippen molar-refractivity contribution in [2.45, 2.75) is 32.3 Å². The van der Waals surface area contributed by atoms with Crippen LogP contribution in [0.15, 0.2) is 18.2 Å². The van der Waals surface area contributed by atoms with Crippen molar-refractivity contribution in [2.24, 2.45) is 0 Å². The third-order valence-electron chi connectivity index (χ3n) is 3.33. The number of carbonyl (C=O) groups excluding carboxylic acids is 1. The van der Waals surface area contributed by atoms with Gasteiger partial charge in [0.15, 0.2) is 0 Å². The monoisotopic (exact) mass is 279 g/mol. The minimum atomic E-state index is -0.541. The molecule has 1 aromatic carbocycles. The minimum absolute atomic E-state index is 0.0632. The summed E-state index contributed by atoms with van der Waals surface area (Å²) < 4.78 is 10.7. The van der Waals surface area contributed by atoms with Gasteiger partial charge in [-0.3, -0.25) is 10.1 Å². The maximum absolute atomic E-state index is 12.0. The Morgan fingerprint density at radius 3 is 2.95 bits per heavy atom. The van der Waals surface area contributed by atoms with Gasteiger partial charge < -0.3 is 9.47 Å². The zero-order valence-electron chi connectivity index (χ0n) is 11.3. The Morgan fingerprint density at radius 1 is 1.50 bits per heavy atom. The molecule has 6 nitrogen and oxygen atoms in total. The maximum atomic E-state index is 12.0. The number of esters is 1. The highest BCUT2D eigenvalue weighted by Crippen LogP contribution is 2.19. The molecule has 1 unspecified atom stereocenters. The molecule has 1 saturated heterocycles. The van der Waals surface area contributed by atoms with E-state index in [4.69, 9.17) is 9.47 Å². The van der Waals surface area contributed by atoms with Gasteiger partial charge in [-0.1, -0.05) is 6.07 Å². The Kier molecular flexibility index (Phi) is 4.68. The van der Waals surface area contributed by atoms with Crippen LogP contribution in [-0.4, -0.2) is 30.2 Å². The number of nitrogens with zero attached hydrogens (tertiary/aromatic N) is 1. The number of carbonyl (C=O) groups is 1. The zero-order valence-corrected chi connectivity index (χ0v) is 11.3. The molecule has 6 heteroatoms. The Balaban J connectivity index is 2.00. The van der Waals surface area contributed by atoms with Crippen molar-refractivity contribution < 1.29 is 19.2 Å². The van der Waals surface area contributed by atoms with Gasteiger partial charge in [0.1, 0.15) is 6.61 Å². The van der Waals surface area contributed by atoms with Crippen molar-refractivity contribution in [1.29, 1.82) is 0 Å². The highest BCUT2D eigenvalue weighted by Gasteiger charge is 2.19. The lowest BCUT2D eigenvalue weighted by Crippen LogP contribution is -2.26. The van der Waals surface area contributed by atoms with Crippen LogP contribution in [0.4, 0.5) is 5.69 Å². The van der Waals surface area contributed by atoms with Gasteiger partial charge >= 0.3 is 5.97 Å². The standard InChI is InChI=1S/C14H17NO5/c1-10-5-6-11(15(17)18)8-13(10)14(16)20-9-12-4-2-3-7-19-12/h5-6,8,12H,2-4,7,9H2,1H3. The number of benzene rings is 1. The first kappa shape index (κ1) is 14.5. The molecule has 0 bridgehead atoms. The summed E-state index contributed by atoms with van der Waals surface area (Å²) in [5.74, 6) is -0.541. The van der Waals surface area contributed by atoms with Crippen molar-refractivity contribution in [3.63, 3.8) is 0 Å². The largest absolute Gasteiger partial charge is 0.459 e. The number of non-ortho nitro benzene ring substituents is 1. The molecule has 0 radical (unpaired) electrons. The number of nitro groups is 1. The number of hydrogen-bond acceptors (Lipinski definition) is 5. The van der Waals surface area contributed by atoms with Crippen LogP contribution in [-0.2, 0) is 9.47 Å². The second-order valence-electron chi connectivity index (χ2n) is 4.84. The lowest BCUT2D eigenvalue weighted by Gasteiger charge is -2.22. The molecular weight excluding hydrogens is 262 g/mol. The molecule has 108 valence electrons. The molecule has 1 fully saturated rings. The molecular formula is C14H17NO5. The third-order valence-corrected chi connectivity index (χ3v) is 3.33. The Labute approximate surface area is 116 Å². The van der Waals surface area contributed by atoms with Crippen molar-refractivity contribution in [2.75, 3.05) is 13.2 Å². The second-order valence-corrected chi connectivity index (χ2v) is 4.84. The van der Waals surface area contributed by atoms with Gasteiger partial charge in [0, 0.05) is 18.7 Å². The molecule has 0 aromatic heterocycles. The number of nitro benzene ring substituents is 1. The van der Waals surface area contributed by atoms with Gasteiger partial charge in [-0.15, -0.1) is 0 Å². The molecule has 0 saturated carbocycles. The van der Waals surface area contributed by atoms with E-state index in [1.54, 1.807) is 13.0 Å². The molecule has 20 heavy (non-hydrogen) atoms. The maximum Gasteiger partial charge on any atom is 0.338 e.